The number of nitrogens with zero attached hydrogens (tertiary/aromatic N) is 2. The van der Waals surface area contributed by atoms with Gasteiger partial charge in [0, 0.05) is 33.7 Å². The van der Waals surface area contributed by atoms with Crippen LogP contribution in [0.5, 0.6) is 0 Å². The molecule has 3 aliphatic carbocycles. The number of rotatable bonds is 3. The molecule has 4 heterocycles. The van der Waals surface area contributed by atoms with Gasteiger partial charge < -0.3 is 14.2 Å². The molecule has 14 rings (SSSR count). The van der Waals surface area contributed by atoms with E-state index in [-0.39, 0.29) is 39.2 Å². The van der Waals surface area contributed by atoms with E-state index in [1.165, 1.54) is 128 Å². The van der Waals surface area contributed by atoms with Gasteiger partial charge in [0.2, 0.25) is 0 Å². The summed E-state index contributed by atoms with van der Waals surface area (Å²) in [5.74, 6) is 0. The Bertz CT molecular complexity index is 3790. The van der Waals surface area contributed by atoms with Crippen LogP contribution in [0.1, 0.15) is 161 Å². The predicted octanol–water partition coefficient (Wildman–Crippen LogP) is 15.8. The standard InChI is InChI=1S/C70H74BN2OSi/c1-41-32-57-62-58(33-41)73(55-38-52-50(67(6,7)28-30-69(52,10)11)35-45(55)42-20-16-15-17-21-42)56-37-46-44-22-18-19-23-60(44)75(14)61(46)40-54(56)71(62)64-63(47-36-51-53(39-59(47)74-64)70(12,13)31-29-68(51,8)9)72(57)43-24-25-48-49(34-43)66(4,5)27-26-65(48,2)3/h15-25,32-40H,26-31H2,1-14H3. The molecule has 1 radical (unpaired) electrons. The first-order valence-corrected chi connectivity index (χ1v) is 30.3. The zero-order valence-electron chi connectivity index (χ0n) is 47.2. The number of hydrogen-bond donors (Lipinski definition) is 0. The molecule has 0 saturated heterocycles. The van der Waals surface area contributed by atoms with Crippen LogP contribution < -0.4 is 36.8 Å². The number of furan rings is 1. The SMILES string of the molecule is Cc1cc2c3c(c1)N(c1ccc4c(c1)C(C)(C)CCC4(C)C)c1c(oc4cc5c(cc14)C(C)(C)CCC5(C)C)B3c1cc3c(cc1N2c1cc2c(cc1-c1ccccc1)C(C)(C)CCC2(C)C)-c1ccccc1[Si]3C. The highest BCUT2D eigenvalue weighted by Crippen LogP contribution is 2.56. The molecule has 0 unspecified atom stereocenters. The average molecular weight is 998 g/mol. The second-order valence-corrected chi connectivity index (χ2v) is 30.3. The molecule has 0 amide bonds. The number of aryl methyl sites for hydroxylation is 1. The molecule has 8 aromatic rings. The van der Waals surface area contributed by atoms with Gasteiger partial charge in [0.1, 0.15) is 14.4 Å². The van der Waals surface area contributed by atoms with Crippen molar-refractivity contribution < 1.29 is 4.42 Å². The Hall–Kier alpha value is -6.04. The maximum Gasteiger partial charge on any atom is 0.297 e. The number of hydrogen-bond acceptors (Lipinski definition) is 3. The van der Waals surface area contributed by atoms with Gasteiger partial charge in [0.05, 0.1) is 17.0 Å². The quantitative estimate of drug-likeness (QED) is 0.165. The molecule has 0 N–H and O–H groups in total. The summed E-state index contributed by atoms with van der Waals surface area (Å²) in [6, 6.07) is 48.7. The molecule has 6 aliphatic rings. The van der Waals surface area contributed by atoms with Crippen molar-refractivity contribution in [3.05, 3.63) is 160 Å². The third kappa shape index (κ3) is 6.64. The lowest BCUT2D eigenvalue weighted by Gasteiger charge is -2.46. The largest absolute Gasteiger partial charge is 0.468 e. The van der Waals surface area contributed by atoms with E-state index in [1.54, 1.807) is 0 Å². The Morgan fingerprint density at radius 2 is 1.00 bits per heavy atom. The van der Waals surface area contributed by atoms with Crippen molar-refractivity contribution in [3.8, 4) is 22.3 Å². The Balaban J connectivity index is 1.13. The summed E-state index contributed by atoms with van der Waals surface area (Å²) < 4.78 is 7.81. The van der Waals surface area contributed by atoms with Gasteiger partial charge in [-0.15, -0.1) is 0 Å². The molecule has 75 heavy (non-hydrogen) atoms. The zero-order valence-corrected chi connectivity index (χ0v) is 48.2. The summed E-state index contributed by atoms with van der Waals surface area (Å²) in [5.41, 5.74) is 27.9. The van der Waals surface area contributed by atoms with E-state index in [1.807, 2.05) is 0 Å². The molecule has 0 fully saturated rings. The highest BCUT2D eigenvalue weighted by atomic mass is 28.3. The Morgan fingerprint density at radius 3 is 1.65 bits per heavy atom. The molecule has 377 valence electrons. The van der Waals surface area contributed by atoms with Gasteiger partial charge in [-0.2, -0.15) is 0 Å². The second-order valence-electron chi connectivity index (χ2n) is 28.0. The second kappa shape index (κ2) is 15.3. The lowest BCUT2D eigenvalue weighted by molar-refractivity contribution is 0.332. The summed E-state index contributed by atoms with van der Waals surface area (Å²) in [6.45, 7) is 34.3. The van der Waals surface area contributed by atoms with Crippen LogP contribution in [0.2, 0.25) is 6.55 Å². The normalized spacial score (nSPS) is 20.3. The van der Waals surface area contributed by atoms with Crippen molar-refractivity contribution >= 4 is 87.6 Å². The maximum absolute atomic E-state index is 7.81. The van der Waals surface area contributed by atoms with Crippen LogP contribution in [0.3, 0.4) is 0 Å². The minimum atomic E-state index is -1.06. The zero-order chi connectivity index (χ0) is 52.3. The molecule has 3 aliphatic heterocycles. The highest BCUT2D eigenvalue weighted by molar-refractivity contribution is 7.00. The van der Waals surface area contributed by atoms with Gasteiger partial charge in [-0.1, -0.05) is 156 Å². The molecule has 0 saturated carbocycles. The number of anilines is 6. The number of benzene rings is 7. The van der Waals surface area contributed by atoms with E-state index in [4.69, 9.17) is 4.42 Å². The minimum absolute atomic E-state index is 0.00941. The predicted molar refractivity (Wildman–Crippen MR) is 323 cm³/mol. The molecule has 3 nitrogen and oxygen atoms in total. The third-order valence-electron chi connectivity index (χ3n) is 20.3. The van der Waals surface area contributed by atoms with Crippen molar-refractivity contribution in [2.24, 2.45) is 0 Å². The minimum Gasteiger partial charge on any atom is -0.468 e. The fraction of sp³-hybridized carbons (Fsp3) is 0.371. The first-order chi connectivity index (χ1) is 35.5. The summed E-state index contributed by atoms with van der Waals surface area (Å²) in [4.78, 5) is 5.40. The lowest BCUT2D eigenvalue weighted by atomic mass is 9.35. The topological polar surface area (TPSA) is 19.6 Å². The van der Waals surface area contributed by atoms with Crippen LogP contribution >= 0.6 is 0 Å². The van der Waals surface area contributed by atoms with Crippen LogP contribution in [0, 0.1) is 6.92 Å². The smallest absolute Gasteiger partial charge is 0.297 e. The van der Waals surface area contributed by atoms with Gasteiger partial charge in [-0.25, -0.2) is 0 Å². The summed E-state index contributed by atoms with van der Waals surface area (Å²) in [6.07, 6.45) is 6.98. The van der Waals surface area contributed by atoms with Gasteiger partial charge in [0.15, 0.2) is 0 Å². The molecule has 5 heteroatoms. The molecule has 0 spiro atoms. The fourth-order valence-corrected chi connectivity index (χ4v) is 17.6. The van der Waals surface area contributed by atoms with Gasteiger partial charge >= 0.3 is 0 Å². The molecule has 0 atom stereocenters. The third-order valence-corrected chi connectivity index (χ3v) is 22.8. The molecule has 1 aromatic heterocycles. The monoisotopic (exact) mass is 998 g/mol. The first-order valence-electron chi connectivity index (χ1n) is 28.3. The highest BCUT2D eigenvalue weighted by Gasteiger charge is 2.50. The summed E-state index contributed by atoms with van der Waals surface area (Å²) in [5, 5.41) is 4.24. The van der Waals surface area contributed by atoms with Gasteiger partial charge in [-0.05, 0) is 209 Å². The van der Waals surface area contributed by atoms with Crippen LogP contribution in [-0.2, 0) is 32.5 Å². The van der Waals surface area contributed by atoms with Gasteiger partial charge in [-0.3, -0.25) is 0 Å². The van der Waals surface area contributed by atoms with E-state index in [2.05, 4.69) is 228 Å². The van der Waals surface area contributed by atoms with Crippen LogP contribution in [0.4, 0.5) is 34.1 Å². The van der Waals surface area contributed by atoms with Crippen molar-refractivity contribution in [2.75, 3.05) is 9.80 Å². The van der Waals surface area contributed by atoms with E-state index in [0.717, 1.165) is 43.3 Å². The molecular weight excluding hydrogens is 924 g/mol. The van der Waals surface area contributed by atoms with Crippen molar-refractivity contribution in [1.82, 2.24) is 0 Å². The first kappa shape index (κ1) is 47.4. The lowest BCUT2D eigenvalue weighted by Crippen LogP contribution is -2.61. The van der Waals surface area contributed by atoms with E-state index >= 15 is 0 Å². The summed E-state index contributed by atoms with van der Waals surface area (Å²) >= 11 is 0. The number of fused-ring (bicyclic) bond motifs is 12. The molecule has 0 bridgehead atoms. The fourth-order valence-electron chi connectivity index (χ4n) is 15.3. The Labute approximate surface area is 449 Å². The molecule has 7 aromatic carbocycles. The summed E-state index contributed by atoms with van der Waals surface area (Å²) in [7, 11) is -1.06. The van der Waals surface area contributed by atoms with Gasteiger partial charge in [0.25, 0.3) is 6.71 Å². The maximum atomic E-state index is 7.81. The van der Waals surface area contributed by atoms with Crippen molar-refractivity contribution in [1.29, 1.82) is 0 Å². The van der Waals surface area contributed by atoms with Crippen LogP contribution in [-0.4, -0.2) is 15.5 Å². The van der Waals surface area contributed by atoms with E-state index < -0.39 is 8.80 Å². The average Bonchev–Trinajstić information content (AvgIpc) is 3.94. The van der Waals surface area contributed by atoms with Crippen molar-refractivity contribution in [3.63, 3.8) is 0 Å². The van der Waals surface area contributed by atoms with E-state index in [9.17, 15) is 0 Å². The van der Waals surface area contributed by atoms with Crippen molar-refractivity contribution in [2.45, 2.75) is 168 Å². The Morgan fingerprint density at radius 1 is 0.453 bits per heavy atom. The van der Waals surface area contributed by atoms with E-state index in [0.29, 0.717) is 0 Å². The molecular formula is C70H74BN2OSi. The van der Waals surface area contributed by atoms with Crippen LogP contribution in [0.25, 0.3) is 33.2 Å². The van der Waals surface area contributed by atoms with Crippen LogP contribution in [0.15, 0.2) is 126 Å². The Kier molecular flexibility index (Phi) is 9.70.